The van der Waals surface area contributed by atoms with Gasteiger partial charge in [0.2, 0.25) is 0 Å². The summed E-state index contributed by atoms with van der Waals surface area (Å²) in [5.74, 6) is 0. The molecule has 0 bridgehead atoms. The van der Waals surface area contributed by atoms with E-state index < -0.39 is 16.6 Å². The van der Waals surface area contributed by atoms with Crippen LogP contribution in [0.3, 0.4) is 0 Å². The minimum atomic E-state index is -2.08. The molecule has 0 fully saturated rings. The molecule has 0 N–H and O–H groups in total. The molecule has 2 rings (SSSR count). The van der Waals surface area contributed by atoms with E-state index in [2.05, 4.69) is 74.6 Å². The molecule has 2 aliphatic carbocycles. The predicted octanol–water partition coefficient (Wildman–Crippen LogP) is 5.63. The quantitative estimate of drug-likeness (QED) is 0.567. The molecule has 2 atom stereocenters. The summed E-state index contributed by atoms with van der Waals surface area (Å²) < 4.78 is 0.647. The Morgan fingerprint density at radius 1 is 0.824 bits per heavy atom. The van der Waals surface area contributed by atoms with E-state index in [1.54, 1.807) is 0 Å². The Bertz CT molecular complexity index is 420. The summed E-state index contributed by atoms with van der Waals surface area (Å²) in [6, 6.07) is 0. The van der Waals surface area contributed by atoms with E-state index in [1.807, 2.05) is 0 Å². The van der Waals surface area contributed by atoms with Crippen molar-refractivity contribution in [2.24, 2.45) is 0 Å². The molecule has 0 aromatic rings. The molecule has 0 amide bonds. The first kappa shape index (κ1) is 13.1. The zero-order chi connectivity index (χ0) is 12.9. The van der Waals surface area contributed by atoms with E-state index in [1.165, 1.54) is 11.1 Å². The van der Waals surface area contributed by atoms with Crippen LogP contribution in [0.25, 0.3) is 0 Å². The van der Waals surface area contributed by atoms with Crippen molar-refractivity contribution >= 4 is 0 Å². The van der Waals surface area contributed by atoms with Gasteiger partial charge in [0.15, 0.2) is 0 Å². The first-order valence-electron chi connectivity index (χ1n) is 6.48. The summed E-state index contributed by atoms with van der Waals surface area (Å²) in [6.07, 6.45) is 14.5. The van der Waals surface area contributed by atoms with Gasteiger partial charge in [-0.3, -0.25) is 0 Å². The minimum absolute atomic E-state index is 0.324. The Kier molecular flexibility index (Phi) is 2.96. The van der Waals surface area contributed by atoms with E-state index >= 15 is 0 Å². The van der Waals surface area contributed by atoms with Crippen molar-refractivity contribution in [2.45, 2.75) is 45.6 Å². The third kappa shape index (κ3) is 1.86. The van der Waals surface area contributed by atoms with Crippen molar-refractivity contribution in [3.8, 4) is 0 Å². The van der Waals surface area contributed by atoms with E-state index in [4.69, 9.17) is 0 Å². The van der Waals surface area contributed by atoms with Crippen LogP contribution in [0.4, 0.5) is 0 Å². The summed E-state index contributed by atoms with van der Waals surface area (Å²) in [6.45, 7) is 9.29. The molecule has 0 spiro atoms. The summed E-state index contributed by atoms with van der Waals surface area (Å²) in [5.41, 5.74) is 2.86. The van der Waals surface area contributed by atoms with Gasteiger partial charge in [-0.2, -0.15) is 0 Å². The standard InChI is InChI=1S/2C7H9.2CH3.Ti/c2*1-6-3-4-7(2)5-6;;;/h2*3-5H,1-2H3;2*1H3;. The molecule has 0 saturated carbocycles. The van der Waals surface area contributed by atoms with Gasteiger partial charge in [0, 0.05) is 0 Å². The van der Waals surface area contributed by atoms with Crippen molar-refractivity contribution in [1.29, 1.82) is 0 Å². The van der Waals surface area contributed by atoms with Gasteiger partial charge in [0.1, 0.15) is 0 Å². The summed E-state index contributed by atoms with van der Waals surface area (Å²) in [7, 11) is 0. The monoisotopic (exact) mass is 264 g/mol. The van der Waals surface area contributed by atoms with E-state index in [-0.39, 0.29) is 0 Å². The van der Waals surface area contributed by atoms with Gasteiger partial charge in [-0.1, -0.05) is 0 Å². The normalized spacial score (nSPS) is 36.4. The second kappa shape index (κ2) is 3.83. The Balaban J connectivity index is 2.45. The maximum atomic E-state index is 2.57. The van der Waals surface area contributed by atoms with E-state index in [0.717, 1.165) is 0 Å². The van der Waals surface area contributed by atoms with E-state index in [9.17, 15) is 0 Å². The zero-order valence-electron chi connectivity index (χ0n) is 12.0. The number of allylic oxidation sites excluding steroid dienone is 8. The van der Waals surface area contributed by atoms with Crippen LogP contribution < -0.4 is 0 Å². The van der Waals surface area contributed by atoms with Gasteiger partial charge in [0.25, 0.3) is 0 Å². The van der Waals surface area contributed by atoms with Gasteiger partial charge in [-0.05, 0) is 0 Å². The molecule has 0 radical (unpaired) electrons. The van der Waals surface area contributed by atoms with Gasteiger partial charge < -0.3 is 0 Å². The fourth-order valence-electron chi connectivity index (χ4n) is 3.11. The van der Waals surface area contributed by atoms with Crippen LogP contribution in [-0.2, 0) is 16.6 Å². The zero-order valence-corrected chi connectivity index (χ0v) is 13.5. The number of hydrogen-bond donors (Lipinski definition) is 0. The summed E-state index contributed by atoms with van der Waals surface area (Å²) in [5, 5.41) is 5.14. The SMILES string of the molecule is CC1=C[C](C)([Ti]([CH3])([CH3])[C]2(C)C=CC(C)=C2)C=C1. The van der Waals surface area contributed by atoms with Crippen molar-refractivity contribution in [3.05, 3.63) is 47.6 Å². The molecule has 1 heteroatoms. The third-order valence-corrected chi connectivity index (χ3v) is 14.5. The third-order valence-electron chi connectivity index (χ3n) is 5.13. The fraction of sp³-hybridized carbons (Fsp3) is 0.500. The number of rotatable bonds is 2. The van der Waals surface area contributed by atoms with Crippen LogP contribution in [0.5, 0.6) is 0 Å². The molecule has 17 heavy (non-hydrogen) atoms. The van der Waals surface area contributed by atoms with Crippen molar-refractivity contribution in [3.63, 3.8) is 0 Å². The molecular formula is C16H24Ti. The Hall–Kier alpha value is -0.326. The van der Waals surface area contributed by atoms with Gasteiger partial charge in [0.05, 0.1) is 0 Å². The number of hydrogen-bond acceptors (Lipinski definition) is 0. The molecule has 2 aliphatic rings. The van der Waals surface area contributed by atoms with E-state index in [0.29, 0.717) is 7.44 Å². The second-order valence-corrected chi connectivity index (χ2v) is 15.1. The predicted molar refractivity (Wildman–Crippen MR) is 74.3 cm³/mol. The molecule has 0 aromatic heterocycles. The van der Waals surface area contributed by atoms with Crippen molar-refractivity contribution in [2.75, 3.05) is 0 Å². The van der Waals surface area contributed by atoms with Crippen molar-refractivity contribution < 1.29 is 16.6 Å². The Labute approximate surface area is 110 Å². The van der Waals surface area contributed by atoms with Crippen LogP contribution in [0, 0.1) is 0 Å². The molecule has 0 saturated heterocycles. The van der Waals surface area contributed by atoms with Crippen LogP contribution in [0.1, 0.15) is 27.7 Å². The molecule has 0 aliphatic heterocycles. The molecule has 2 unspecified atom stereocenters. The second-order valence-electron chi connectivity index (χ2n) is 6.63. The van der Waals surface area contributed by atoms with Gasteiger partial charge in [-0.15, -0.1) is 0 Å². The van der Waals surface area contributed by atoms with Crippen molar-refractivity contribution in [1.82, 2.24) is 0 Å². The van der Waals surface area contributed by atoms with Crippen LogP contribution in [0.2, 0.25) is 17.9 Å². The molecule has 0 nitrogen and oxygen atoms in total. The Morgan fingerprint density at radius 3 is 1.41 bits per heavy atom. The van der Waals surface area contributed by atoms with Crippen LogP contribution in [-0.4, -0.2) is 0 Å². The molecule has 0 aromatic carbocycles. The van der Waals surface area contributed by atoms with Crippen LogP contribution in [0.15, 0.2) is 47.6 Å². The molecule has 0 heterocycles. The van der Waals surface area contributed by atoms with Gasteiger partial charge >= 0.3 is 110 Å². The summed E-state index contributed by atoms with van der Waals surface area (Å²) in [4.78, 5) is 0. The fourth-order valence-corrected chi connectivity index (χ4v) is 8.32. The topological polar surface area (TPSA) is 0 Å². The average molecular weight is 264 g/mol. The maximum absolute atomic E-state index is 2.57. The first-order valence-corrected chi connectivity index (χ1v) is 11.2. The summed E-state index contributed by atoms with van der Waals surface area (Å²) >= 11 is -2.08. The van der Waals surface area contributed by atoms with Crippen LogP contribution >= 0.6 is 0 Å². The average Bonchev–Trinajstić information content (AvgIpc) is 2.73. The van der Waals surface area contributed by atoms with Gasteiger partial charge in [-0.25, -0.2) is 0 Å². The first-order chi connectivity index (χ1) is 7.70. The Morgan fingerprint density at radius 2 is 1.18 bits per heavy atom. The molecule has 92 valence electrons. The molecular weight excluding hydrogens is 240 g/mol.